The van der Waals surface area contributed by atoms with Gasteiger partial charge in [0.05, 0.1) is 13.7 Å². The van der Waals surface area contributed by atoms with Crippen LogP contribution < -0.4 is 10.5 Å². The van der Waals surface area contributed by atoms with E-state index in [1.54, 1.807) is 14.0 Å². The molecule has 0 aliphatic heterocycles. The van der Waals surface area contributed by atoms with Gasteiger partial charge in [-0.05, 0) is 23.8 Å². The van der Waals surface area contributed by atoms with Crippen molar-refractivity contribution in [3.63, 3.8) is 0 Å². The van der Waals surface area contributed by atoms with E-state index in [1.807, 2.05) is 36.4 Å². The number of carbonyl (C=O) groups excluding carboxylic acids is 1. The van der Waals surface area contributed by atoms with Gasteiger partial charge in [0, 0.05) is 12.0 Å². The van der Waals surface area contributed by atoms with Crippen molar-refractivity contribution in [2.24, 2.45) is 5.73 Å². The van der Waals surface area contributed by atoms with Crippen LogP contribution in [0.2, 0.25) is 0 Å². The fourth-order valence-electron chi connectivity index (χ4n) is 2.27. The third-order valence-electron chi connectivity index (χ3n) is 3.23. The van der Waals surface area contributed by atoms with Crippen LogP contribution in [0.4, 0.5) is 0 Å². The minimum Gasteiger partial charge on any atom is -0.496 e. The van der Waals surface area contributed by atoms with E-state index in [4.69, 9.17) is 15.2 Å². The highest BCUT2D eigenvalue weighted by atomic mass is 16.5. The number of hydrogen-bond acceptors (Lipinski definition) is 4. The van der Waals surface area contributed by atoms with Gasteiger partial charge >= 0.3 is 5.97 Å². The first-order chi connectivity index (χ1) is 9.67. The number of methoxy groups -OCH3 is 1. The van der Waals surface area contributed by atoms with Crippen LogP contribution in [0.5, 0.6) is 5.75 Å². The molecule has 0 saturated carbocycles. The lowest BCUT2D eigenvalue weighted by Gasteiger charge is -2.15. The molecule has 0 aliphatic rings. The molecule has 106 valence electrons. The van der Waals surface area contributed by atoms with Gasteiger partial charge in [0.1, 0.15) is 11.8 Å². The number of hydrogen-bond donors (Lipinski definition) is 1. The summed E-state index contributed by atoms with van der Waals surface area (Å²) in [4.78, 5) is 11.7. The van der Waals surface area contributed by atoms with Crippen molar-refractivity contribution in [2.45, 2.75) is 19.4 Å². The Morgan fingerprint density at radius 2 is 2.00 bits per heavy atom. The van der Waals surface area contributed by atoms with Crippen LogP contribution in [-0.4, -0.2) is 25.7 Å². The highest BCUT2D eigenvalue weighted by molar-refractivity contribution is 5.88. The molecule has 4 heteroatoms. The van der Waals surface area contributed by atoms with Crippen LogP contribution >= 0.6 is 0 Å². The molecule has 1 unspecified atom stereocenters. The summed E-state index contributed by atoms with van der Waals surface area (Å²) in [6.07, 6.45) is 0.392. The lowest BCUT2D eigenvalue weighted by atomic mass is 9.98. The molecule has 4 nitrogen and oxygen atoms in total. The second-order valence-corrected chi connectivity index (χ2v) is 4.53. The fraction of sp³-hybridized carbons (Fsp3) is 0.312. The van der Waals surface area contributed by atoms with Crippen molar-refractivity contribution in [1.29, 1.82) is 0 Å². The number of fused-ring (bicyclic) bond motifs is 1. The highest BCUT2D eigenvalue weighted by Crippen LogP contribution is 2.28. The summed E-state index contributed by atoms with van der Waals surface area (Å²) in [6.45, 7) is 2.10. The minimum atomic E-state index is -0.686. The highest BCUT2D eigenvalue weighted by Gasteiger charge is 2.19. The van der Waals surface area contributed by atoms with Crippen LogP contribution in [0.15, 0.2) is 36.4 Å². The van der Waals surface area contributed by atoms with E-state index in [0.717, 1.165) is 22.1 Å². The molecule has 2 aromatic carbocycles. The van der Waals surface area contributed by atoms with Crippen LogP contribution in [0.3, 0.4) is 0 Å². The third-order valence-corrected chi connectivity index (χ3v) is 3.23. The molecule has 0 fully saturated rings. The molecule has 0 aliphatic carbocycles. The van der Waals surface area contributed by atoms with Gasteiger partial charge in [-0.3, -0.25) is 4.79 Å². The van der Waals surface area contributed by atoms with E-state index in [1.165, 1.54) is 0 Å². The largest absolute Gasteiger partial charge is 0.496 e. The first kappa shape index (κ1) is 14.3. The van der Waals surface area contributed by atoms with Crippen LogP contribution in [0.1, 0.15) is 12.5 Å². The van der Waals surface area contributed by atoms with Crippen LogP contribution in [-0.2, 0) is 16.0 Å². The summed E-state index contributed by atoms with van der Waals surface area (Å²) in [5, 5.41) is 2.14. The van der Waals surface area contributed by atoms with Crippen LogP contribution in [0.25, 0.3) is 10.8 Å². The standard InChI is InChI=1S/C16H19NO3/c1-3-20-16(18)14(17)10-13-12-7-5-4-6-11(12)8-9-15(13)19-2/h4-9,14H,3,10,17H2,1-2H3. The van der Waals surface area contributed by atoms with Gasteiger partial charge in [0.2, 0.25) is 0 Å². The maximum Gasteiger partial charge on any atom is 0.323 e. The van der Waals surface area contributed by atoms with E-state index in [2.05, 4.69) is 0 Å². The van der Waals surface area contributed by atoms with Crippen molar-refractivity contribution in [3.8, 4) is 5.75 Å². The van der Waals surface area contributed by atoms with Crippen molar-refractivity contribution < 1.29 is 14.3 Å². The Hall–Kier alpha value is -2.07. The zero-order valence-corrected chi connectivity index (χ0v) is 11.8. The number of rotatable bonds is 5. The molecule has 0 spiro atoms. The number of benzene rings is 2. The number of carbonyl (C=O) groups is 1. The zero-order valence-electron chi connectivity index (χ0n) is 11.8. The topological polar surface area (TPSA) is 61.5 Å². The van der Waals surface area contributed by atoms with E-state index < -0.39 is 6.04 Å². The molecule has 0 amide bonds. The monoisotopic (exact) mass is 273 g/mol. The molecular weight excluding hydrogens is 254 g/mol. The summed E-state index contributed by atoms with van der Waals surface area (Å²) in [5.74, 6) is 0.353. The molecule has 20 heavy (non-hydrogen) atoms. The number of nitrogens with two attached hydrogens (primary N) is 1. The minimum absolute atomic E-state index is 0.333. The van der Waals surface area contributed by atoms with Gasteiger partial charge in [-0.15, -0.1) is 0 Å². The summed E-state index contributed by atoms with van der Waals surface area (Å²) >= 11 is 0. The summed E-state index contributed by atoms with van der Waals surface area (Å²) < 4.78 is 10.3. The lowest BCUT2D eigenvalue weighted by molar-refractivity contribution is -0.144. The van der Waals surface area contributed by atoms with Gasteiger partial charge in [0.15, 0.2) is 0 Å². The number of ether oxygens (including phenoxy) is 2. The molecule has 0 saturated heterocycles. The SMILES string of the molecule is CCOC(=O)C(N)Cc1c(OC)ccc2ccccc12. The van der Waals surface area contributed by atoms with Crippen molar-refractivity contribution in [3.05, 3.63) is 42.0 Å². The summed E-state index contributed by atoms with van der Waals surface area (Å²) in [7, 11) is 1.61. The predicted molar refractivity (Wildman–Crippen MR) is 78.8 cm³/mol. The molecule has 2 N–H and O–H groups in total. The second kappa shape index (κ2) is 6.39. The molecule has 2 aromatic rings. The summed E-state index contributed by atoms with van der Waals surface area (Å²) in [5.41, 5.74) is 6.86. The average Bonchev–Trinajstić information content (AvgIpc) is 2.47. The zero-order chi connectivity index (χ0) is 14.5. The maximum absolute atomic E-state index is 11.7. The Balaban J connectivity index is 2.38. The Bertz CT molecular complexity index is 610. The van der Waals surface area contributed by atoms with Crippen LogP contribution in [0, 0.1) is 0 Å². The molecule has 2 rings (SSSR count). The Kier molecular flexibility index (Phi) is 4.58. The molecule has 1 atom stereocenters. The Morgan fingerprint density at radius 3 is 2.70 bits per heavy atom. The smallest absolute Gasteiger partial charge is 0.323 e. The third kappa shape index (κ3) is 2.91. The van der Waals surface area contributed by atoms with Gasteiger partial charge in [-0.1, -0.05) is 30.3 Å². The van der Waals surface area contributed by atoms with Gasteiger partial charge in [0.25, 0.3) is 0 Å². The van der Waals surface area contributed by atoms with E-state index in [0.29, 0.717) is 13.0 Å². The molecule has 0 heterocycles. The molecule has 0 aromatic heterocycles. The first-order valence-corrected chi connectivity index (χ1v) is 6.64. The average molecular weight is 273 g/mol. The van der Waals surface area contributed by atoms with Gasteiger partial charge in [-0.2, -0.15) is 0 Å². The molecule has 0 bridgehead atoms. The molecular formula is C16H19NO3. The normalized spacial score (nSPS) is 12.2. The summed E-state index contributed by atoms with van der Waals surface area (Å²) in [6, 6.07) is 11.2. The second-order valence-electron chi connectivity index (χ2n) is 4.53. The Morgan fingerprint density at radius 1 is 1.25 bits per heavy atom. The van der Waals surface area contributed by atoms with E-state index in [-0.39, 0.29) is 5.97 Å². The maximum atomic E-state index is 11.7. The van der Waals surface area contributed by atoms with Crippen molar-refractivity contribution in [2.75, 3.05) is 13.7 Å². The van der Waals surface area contributed by atoms with Crippen molar-refractivity contribution in [1.82, 2.24) is 0 Å². The molecule has 0 radical (unpaired) electrons. The first-order valence-electron chi connectivity index (χ1n) is 6.64. The predicted octanol–water partition coefficient (Wildman–Crippen LogP) is 2.28. The fourth-order valence-corrected chi connectivity index (χ4v) is 2.27. The van der Waals surface area contributed by atoms with Gasteiger partial charge < -0.3 is 15.2 Å². The Labute approximate surface area is 118 Å². The van der Waals surface area contributed by atoms with E-state index in [9.17, 15) is 4.79 Å². The van der Waals surface area contributed by atoms with E-state index >= 15 is 0 Å². The van der Waals surface area contributed by atoms with Crippen molar-refractivity contribution >= 4 is 16.7 Å². The number of esters is 1. The lowest BCUT2D eigenvalue weighted by Crippen LogP contribution is -2.34. The van der Waals surface area contributed by atoms with Gasteiger partial charge in [-0.25, -0.2) is 0 Å². The quantitative estimate of drug-likeness (QED) is 0.849.